The van der Waals surface area contributed by atoms with Gasteiger partial charge in [0.25, 0.3) is 0 Å². The third-order valence-corrected chi connectivity index (χ3v) is 14.3. The Balaban J connectivity index is 1.78. The summed E-state index contributed by atoms with van der Waals surface area (Å²) in [6.45, 7) is 7.75. The van der Waals surface area contributed by atoms with E-state index in [1.54, 1.807) is 11.8 Å². The van der Waals surface area contributed by atoms with E-state index in [2.05, 4.69) is 26.1 Å². The number of rotatable bonds is 22. The lowest BCUT2D eigenvalue weighted by Gasteiger charge is -2.51. The SMILES string of the molecule is CCSCCCOO/C=N\C1CCCCC[N+]12C(=O)[N+]1(CCCCCC1/N=C\OOCCCSCC)C(=O)[N+]1(CCCCCC1NC(=O)OCCCSCC)C2=O. The Labute approximate surface area is 352 Å². The van der Waals surface area contributed by atoms with Gasteiger partial charge in [-0.25, -0.2) is 4.79 Å². The number of amides is 7. The van der Waals surface area contributed by atoms with Crippen LogP contribution >= 0.6 is 35.3 Å². The van der Waals surface area contributed by atoms with E-state index in [4.69, 9.17) is 34.3 Å². The molecule has 0 radical (unpaired) electrons. The molecule has 0 saturated carbocycles. The molecule has 4 saturated heterocycles. The predicted molar refractivity (Wildman–Crippen MR) is 227 cm³/mol. The van der Waals surface area contributed by atoms with E-state index in [0.717, 1.165) is 79.5 Å². The van der Waals surface area contributed by atoms with Gasteiger partial charge in [0.2, 0.25) is 25.1 Å². The van der Waals surface area contributed by atoms with E-state index in [1.165, 1.54) is 12.8 Å². The molecule has 7 amide bonds. The van der Waals surface area contributed by atoms with E-state index in [9.17, 15) is 4.79 Å². The zero-order valence-electron chi connectivity index (χ0n) is 34.6. The molecule has 4 fully saturated rings. The number of ether oxygens (including phenoxy) is 1. The minimum atomic E-state index is -0.940. The highest BCUT2D eigenvalue weighted by Gasteiger charge is 2.84. The van der Waals surface area contributed by atoms with Gasteiger partial charge in [0, 0.05) is 19.3 Å². The molecular formula is C39H69N6O9S3+3. The molecule has 0 aromatic carbocycles. The van der Waals surface area contributed by atoms with Crippen LogP contribution in [-0.4, -0.2) is 143 Å². The van der Waals surface area contributed by atoms with Crippen molar-refractivity contribution in [2.24, 2.45) is 9.98 Å². The number of carbonyl (C=O) groups excluding carboxylic acids is 4. The van der Waals surface area contributed by atoms with Gasteiger partial charge in [0.05, 0.1) is 19.8 Å². The molecule has 4 heterocycles. The molecule has 0 aromatic rings. The second-order valence-electron chi connectivity index (χ2n) is 14.9. The third-order valence-electron chi connectivity index (χ3n) is 11.3. The number of nitrogens with zero attached hydrogens (tertiary/aromatic N) is 5. The van der Waals surface area contributed by atoms with Gasteiger partial charge in [0.1, 0.15) is 19.6 Å². The summed E-state index contributed by atoms with van der Waals surface area (Å²) in [6, 6.07) is -1.60. The summed E-state index contributed by atoms with van der Waals surface area (Å²) in [4.78, 5) is 92.4. The van der Waals surface area contributed by atoms with E-state index in [-0.39, 0.29) is 26.2 Å². The summed E-state index contributed by atoms with van der Waals surface area (Å²) in [7, 11) is 0. The molecule has 0 aromatic heterocycles. The summed E-state index contributed by atoms with van der Waals surface area (Å²) in [5, 5.41) is 3.01. The van der Waals surface area contributed by atoms with Crippen molar-refractivity contribution >= 4 is 72.3 Å². The second kappa shape index (κ2) is 25.6. The fourth-order valence-corrected chi connectivity index (χ4v) is 10.4. The minimum Gasteiger partial charge on any atom is -0.449 e. The lowest BCUT2D eigenvalue weighted by atomic mass is 10.1. The van der Waals surface area contributed by atoms with E-state index < -0.39 is 56.1 Å². The van der Waals surface area contributed by atoms with Crippen molar-refractivity contribution in [2.75, 3.05) is 74.0 Å². The van der Waals surface area contributed by atoms with E-state index in [1.807, 2.05) is 23.5 Å². The number of aliphatic imine (C=N–C) groups is 2. The van der Waals surface area contributed by atoms with E-state index in [0.29, 0.717) is 64.6 Å². The first-order valence-electron chi connectivity index (χ1n) is 21.4. The quantitative estimate of drug-likeness (QED) is 0.0277. The molecule has 0 bridgehead atoms. The van der Waals surface area contributed by atoms with Crippen molar-refractivity contribution in [1.29, 1.82) is 0 Å². The normalized spacial score (nSPS) is 29.9. The molecule has 57 heavy (non-hydrogen) atoms. The van der Waals surface area contributed by atoms with Crippen LogP contribution in [0.4, 0.5) is 19.2 Å². The first-order valence-corrected chi connectivity index (χ1v) is 24.9. The second-order valence-corrected chi connectivity index (χ2v) is 19.1. The summed E-state index contributed by atoms with van der Waals surface area (Å²) < 4.78 is 3.60. The topological polar surface area (TPSA) is 151 Å². The number of quaternary nitrogens is 3. The molecular weight excluding hydrogens is 793 g/mol. The van der Waals surface area contributed by atoms with Gasteiger partial charge >= 0.3 is 24.2 Å². The fraction of sp³-hybridized carbons (Fsp3) is 0.846. The summed E-state index contributed by atoms with van der Waals surface area (Å²) in [6.07, 6.45) is 8.85. The molecule has 0 aliphatic carbocycles. The number of hydrogen-bond acceptors (Lipinski definition) is 14. The van der Waals surface area contributed by atoms with Crippen LogP contribution in [0.25, 0.3) is 0 Å². The Kier molecular flexibility index (Phi) is 21.5. The zero-order valence-corrected chi connectivity index (χ0v) is 37.1. The Morgan fingerprint density at radius 1 is 0.614 bits per heavy atom. The maximum atomic E-state index is 15.9. The molecule has 4 rings (SSSR count). The van der Waals surface area contributed by atoms with Gasteiger partial charge in [-0.1, -0.05) is 34.2 Å². The average Bonchev–Trinajstić information content (AvgIpc) is 3.66. The monoisotopic (exact) mass is 861 g/mol. The maximum Gasteiger partial charge on any atom is 0.542 e. The van der Waals surface area contributed by atoms with Gasteiger partial charge in [-0.3, -0.25) is 5.32 Å². The number of imide groups is 3. The third kappa shape index (κ3) is 12.1. The van der Waals surface area contributed by atoms with E-state index >= 15 is 14.4 Å². The number of alkyl carbamates (subject to hydrolysis) is 1. The molecule has 324 valence electrons. The number of urea groups is 3. The molecule has 5 unspecified atom stereocenters. The predicted octanol–water partition coefficient (Wildman–Crippen LogP) is 8.62. The Bertz CT molecular complexity index is 1260. The lowest BCUT2D eigenvalue weighted by molar-refractivity contribution is -1.04. The highest BCUT2D eigenvalue weighted by atomic mass is 32.2. The number of hydrogen-bond donors (Lipinski definition) is 1. The Morgan fingerprint density at radius 2 is 1.04 bits per heavy atom. The van der Waals surface area contributed by atoms with Crippen LogP contribution in [0.2, 0.25) is 0 Å². The molecule has 5 atom stereocenters. The van der Waals surface area contributed by atoms with Crippen LogP contribution in [0.5, 0.6) is 0 Å². The van der Waals surface area contributed by atoms with Crippen LogP contribution in [0.15, 0.2) is 9.98 Å². The maximum absolute atomic E-state index is 15.9. The Morgan fingerprint density at radius 3 is 1.51 bits per heavy atom. The van der Waals surface area contributed by atoms with Crippen LogP contribution in [0.1, 0.15) is 117 Å². The molecule has 4 aliphatic rings. The van der Waals surface area contributed by atoms with Crippen molar-refractivity contribution in [3.05, 3.63) is 0 Å². The van der Waals surface area contributed by atoms with Crippen LogP contribution < -0.4 is 5.32 Å². The van der Waals surface area contributed by atoms with Crippen LogP contribution in [-0.2, 0) is 24.3 Å². The fourth-order valence-electron chi connectivity index (χ4n) is 8.55. The van der Waals surface area contributed by atoms with Gasteiger partial charge in [-0.05, 0) is 112 Å². The van der Waals surface area contributed by atoms with Gasteiger partial charge in [-0.15, -0.1) is 0 Å². The average molecular weight is 862 g/mol. The zero-order chi connectivity index (χ0) is 40.8. The summed E-state index contributed by atoms with van der Waals surface area (Å²) in [5.41, 5.74) is 0. The van der Waals surface area contributed by atoms with Crippen molar-refractivity contribution in [1.82, 2.24) is 5.32 Å². The molecule has 4 aliphatic heterocycles. The molecule has 1 N–H and O–H groups in total. The van der Waals surface area contributed by atoms with Crippen molar-refractivity contribution in [2.45, 2.75) is 136 Å². The highest BCUT2D eigenvalue weighted by molar-refractivity contribution is 7.99. The van der Waals surface area contributed by atoms with Crippen molar-refractivity contribution in [3.63, 3.8) is 0 Å². The van der Waals surface area contributed by atoms with Crippen LogP contribution in [0, 0.1) is 0 Å². The first-order chi connectivity index (χ1) is 27.9. The largest absolute Gasteiger partial charge is 0.542 e. The highest BCUT2D eigenvalue weighted by Crippen LogP contribution is 2.46. The van der Waals surface area contributed by atoms with Gasteiger partial charge in [-0.2, -0.15) is 69.4 Å². The number of thioether (sulfide) groups is 3. The lowest BCUT2D eigenvalue weighted by Crippen LogP contribution is -2.90. The van der Waals surface area contributed by atoms with Crippen LogP contribution in [0.3, 0.4) is 0 Å². The standard InChI is InChI=1S/C39H68N6O9S3/c1-4-55-28-16-25-50-36(46)42-35-21-12-9-15-24-45(35)38(48)43(22-13-7-10-19-33(43)40-31-53-51-26-17-29-56-5-2)37(47)44(39(45)49)23-14-8-11-20-34(44)41-32-54-52-27-18-30-57-6-3/h31-35H,4-30H2,1-3H3/q+2/p+1/b40-31-,41-32-. The van der Waals surface area contributed by atoms with Crippen molar-refractivity contribution in [3.8, 4) is 0 Å². The number of carbonyl (C=O) groups is 4. The summed E-state index contributed by atoms with van der Waals surface area (Å²) >= 11 is 5.41. The molecule has 3 spiro atoms. The molecule has 18 heteroatoms. The minimum absolute atomic E-state index is 0.140. The Hall–Kier alpha value is -1.93. The van der Waals surface area contributed by atoms with Crippen molar-refractivity contribution < 1.29 is 56.9 Å². The molecule has 15 nitrogen and oxygen atoms in total. The van der Waals surface area contributed by atoms with Gasteiger partial charge in [0.15, 0.2) is 6.17 Å². The smallest absolute Gasteiger partial charge is 0.449 e. The number of nitrogens with one attached hydrogen (secondary N) is 1. The van der Waals surface area contributed by atoms with Gasteiger partial charge < -0.3 is 14.5 Å². The summed E-state index contributed by atoms with van der Waals surface area (Å²) in [5.74, 6) is 5.76. The first kappa shape index (κ1) is 47.7.